The largest absolute Gasteiger partial charge is 0.337 e. The lowest BCUT2D eigenvalue weighted by Crippen LogP contribution is -2.57. The van der Waals surface area contributed by atoms with Crippen molar-refractivity contribution in [1.82, 2.24) is 10.2 Å². The molecule has 22 heavy (non-hydrogen) atoms. The molecule has 2 unspecified atom stereocenters. The number of rotatable bonds is 4. The molecule has 0 radical (unpaired) electrons. The number of Topliss-reactive ketones (excluding diaryl/α,β-unsaturated/α-hetero) is 1. The van der Waals surface area contributed by atoms with Crippen molar-refractivity contribution in [1.29, 1.82) is 0 Å². The summed E-state index contributed by atoms with van der Waals surface area (Å²) in [4.78, 5) is 26.0. The minimum atomic E-state index is -1.05. The summed E-state index contributed by atoms with van der Waals surface area (Å²) in [7, 11) is 0. The molecule has 1 aromatic carbocycles. The fraction of sp³-hybridized carbons (Fsp3) is 0.500. The molecule has 120 valence electrons. The first-order chi connectivity index (χ1) is 10.4. The van der Waals surface area contributed by atoms with Gasteiger partial charge in [0, 0.05) is 43.6 Å². The molecular weight excluding hydrogens is 290 g/mol. The molecule has 6 heteroatoms. The fourth-order valence-electron chi connectivity index (χ4n) is 2.59. The zero-order valence-corrected chi connectivity index (χ0v) is 12.7. The number of nitrogens with zero attached hydrogens (tertiary/aromatic N) is 1. The predicted octanol–water partition coefficient (Wildman–Crippen LogP) is 2.14. The molecule has 2 atom stereocenters. The summed E-state index contributed by atoms with van der Waals surface area (Å²) in [5.41, 5.74) is 0.0911. The third kappa shape index (κ3) is 3.68. The number of carbonyl (C=O) groups is 2. The average Bonchev–Trinajstić information content (AvgIpc) is 2.50. The quantitative estimate of drug-likeness (QED) is 0.867. The molecule has 0 saturated carbocycles. The number of ketones is 1. The first-order valence-corrected chi connectivity index (χ1v) is 7.41. The van der Waals surface area contributed by atoms with E-state index in [4.69, 9.17) is 0 Å². The second kappa shape index (κ2) is 6.96. The SMILES string of the molecule is CC1NCCN(C(=O)CCC(=O)c2ccc(F)c(F)c2)C1C. The van der Waals surface area contributed by atoms with E-state index in [1.54, 1.807) is 4.90 Å². The minimum Gasteiger partial charge on any atom is -0.337 e. The number of benzene rings is 1. The van der Waals surface area contributed by atoms with Crippen molar-refractivity contribution in [2.75, 3.05) is 13.1 Å². The second-order valence-corrected chi connectivity index (χ2v) is 5.62. The number of hydrogen-bond donors (Lipinski definition) is 1. The van der Waals surface area contributed by atoms with Gasteiger partial charge < -0.3 is 10.2 Å². The van der Waals surface area contributed by atoms with Gasteiger partial charge in [0.1, 0.15) is 0 Å². The number of carbonyl (C=O) groups excluding carboxylic acids is 2. The van der Waals surface area contributed by atoms with E-state index in [1.165, 1.54) is 6.07 Å². The summed E-state index contributed by atoms with van der Waals surface area (Å²) in [6.45, 7) is 5.32. The highest BCUT2D eigenvalue weighted by Gasteiger charge is 2.28. The van der Waals surface area contributed by atoms with Crippen molar-refractivity contribution in [2.24, 2.45) is 0 Å². The van der Waals surface area contributed by atoms with Crippen LogP contribution < -0.4 is 5.32 Å². The molecule has 1 heterocycles. The van der Waals surface area contributed by atoms with Gasteiger partial charge in [0.25, 0.3) is 0 Å². The number of piperazine rings is 1. The summed E-state index contributed by atoms with van der Waals surface area (Å²) in [6.07, 6.45) is 0.0732. The minimum absolute atomic E-state index is 0.00502. The highest BCUT2D eigenvalue weighted by atomic mass is 19.2. The van der Waals surface area contributed by atoms with Gasteiger partial charge in [0.15, 0.2) is 17.4 Å². The zero-order chi connectivity index (χ0) is 16.3. The van der Waals surface area contributed by atoms with E-state index < -0.39 is 11.6 Å². The highest BCUT2D eigenvalue weighted by molar-refractivity contribution is 5.98. The third-order valence-corrected chi connectivity index (χ3v) is 4.16. The standard InChI is InChI=1S/C16H20F2N2O2/c1-10-11(2)20(8-7-19-10)16(22)6-5-15(21)12-3-4-13(17)14(18)9-12/h3-4,9-11,19H,5-8H2,1-2H3. The zero-order valence-electron chi connectivity index (χ0n) is 12.7. The van der Waals surface area contributed by atoms with Gasteiger partial charge in [-0.3, -0.25) is 9.59 Å². The van der Waals surface area contributed by atoms with Crippen molar-refractivity contribution >= 4 is 11.7 Å². The van der Waals surface area contributed by atoms with Crippen LogP contribution in [0.5, 0.6) is 0 Å². The molecule has 1 aliphatic rings. The van der Waals surface area contributed by atoms with Gasteiger partial charge >= 0.3 is 0 Å². The van der Waals surface area contributed by atoms with Gasteiger partial charge in [-0.05, 0) is 32.0 Å². The lowest BCUT2D eigenvalue weighted by molar-refractivity contribution is -0.134. The van der Waals surface area contributed by atoms with E-state index in [-0.39, 0.29) is 42.2 Å². The van der Waals surface area contributed by atoms with E-state index in [9.17, 15) is 18.4 Å². The maximum atomic E-state index is 13.1. The molecule has 1 saturated heterocycles. The maximum Gasteiger partial charge on any atom is 0.223 e. The van der Waals surface area contributed by atoms with Crippen LogP contribution >= 0.6 is 0 Å². The molecule has 1 aromatic rings. The summed E-state index contributed by atoms with van der Waals surface area (Å²) in [6, 6.07) is 3.31. The molecule has 1 fully saturated rings. The van der Waals surface area contributed by atoms with Crippen LogP contribution in [0.15, 0.2) is 18.2 Å². The van der Waals surface area contributed by atoms with Crippen molar-refractivity contribution in [2.45, 2.75) is 38.8 Å². The monoisotopic (exact) mass is 310 g/mol. The Morgan fingerprint density at radius 1 is 1.23 bits per heavy atom. The molecule has 0 spiro atoms. The summed E-state index contributed by atoms with van der Waals surface area (Å²) in [5.74, 6) is -2.49. The van der Waals surface area contributed by atoms with E-state index in [1.807, 2.05) is 13.8 Å². The molecule has 4 nitrogen and oxygen atoms in total. The van der Waals surface area contributed by atoms with Gasteiger partial charge in [-0.1, -0.05) is 0 Å². The Morgan fingerprint density at radius 3 is 2.64 bits per heavy atom. The van der Waals surface area contributed by atoms with Crippen LogP contribution in [-0.4, -0.2) is 41.8 Å². The number of halogens is 2. The number of nitrogens with one attached hydrogen (secondary N) is 1. The third-order valence-electron chi connectivity index (χ3n) is 4.16. The van der Waals surface area contributed by atoms with Gasteiger partial charge in [-0.15, -0.1) is 0 Å². The Morgan fingerprint density at radius 2 is 1.95 bits per heavy atom. The van der Waals surface area contributed by atoms with Crippen molar-refractivity contribution in [3.8, 4) is 0 Å². The topological polar surface area (TPSA) is 49.4 Å². The molecule has 0 bridgehead atoms. The number of amides is 1. The second-order valence-electron chi connectivity index (χ2n) is 5.62. The van der Waals surface area contributed by atoms with Crippen LogP contribution in [0.4, 0.5) is 8.78 Å². The molecule has 1 N–H and O–H groups in total. The van der Waals surface area contributed by atoms with E-state index in [0.29, 0.717) is 6.54 Å². The van der Waals surface area contributed by atoms with Crippen LogP contribution in [0.25, 0.3) is 0 Å². The molecule has 1 aliphatic heterocycles. The van der Waals surface area contributed by atoms with Gasteiger partial charge in [-0.25, -0.2) is 8.78 Å². The van der Waals surface area contributed by atoms with Gasteiger partial charge in [-0.2, -0.15) is 0 Å². The first-order valence-electron chi connectivity index (χ1n) is 7.41. The Hall–Kier alpha value is -1.82. The Kier molecular flexibility index (Phi) is 5.24. The van der Waals surface area contributed by atoms with Crippen molar-refractivity contribution in [3.05, 3.63) is 35.4 Å². The van der Waals surface area contributed by atoms with Gasteiger partial charge in [0.2, 0.25) is 5.91 Å². The first kappa shape index (κ1) is 16.5. The smallest absolute Gasteiger partial charge is 0.223 e. The van der Waals surface area contributed by atoms with E-state index in [2.05, 4.69) is 5.32 Å². The van der Waals surface area contributed by atoms with Crippen LogP contribution in [0.1, 0.15) is 37.0 Å². The number of hydrogen-bond acceptors (Lipinski definition) is 3. The van der Waals surface area contributed by atoms with Gasteiger partial charge in [0.05, 0.1) is 0 Å². The normalized spacial score (nSPS) is 21.7. The molecule has 0 aromatic heterocycles. The van der Waals surface area contributed by atoms with Crippen LogP contribution in [0, 0.1) is 11.6 Å². The van der Waals surface area contributed by atoms with Crippen LogP contribution in [-0.2, 0) is 4.79 Å². The average molecular weight is 310 g/mol. The summed E-state index contributed by atoms with van der Waals surface area (Å²) < 4.78 is 26.0. The molecule has 2 rings (SSSR count). The van der Waals surface area contributed by atoms with Crippen molar-refractivity contribution < 1.29 is 18.4 Å². The highest BCUT2D eigenvalue weighted by Crippen LogP contribution is 2.14. The Balaban J connectivity index is 1.92. The summed E-state index contributed by atoms with van der Waals surface area (Å²) >= 11 is 0. The lowest BCUT2D eigenvalue weighted by atomic mass is 10.0. The van der Waals surface area contributed by atoms with Crippen LogP contribution in [0.3, 0.4) is 0 Å². The van der Waals surface area contributed by atoms with E-state index >= 15 is 0 Å². The van der Waals surface area contributed by atoms with Crippen LogP contribution in [0.2, 0.25) is 0 Å². The lowest BCUT2D eigenvalue weighted by Gasteiger charge is -2.38. The fourth-order valence-corrected chi connectivity index (χ4v) is 2.59. The molecular formula is C16H20F2N2O2. The van der Waals surface area contributed by atoms with Crippen molar-refractivity contribution in [3.63, 3.8) is 0 Å². The Bertz CT molecular complexity index is 577. The molecule has 1 amide bonds. The maximum absolute atomic E-state index is 13.1. The Labute approximate surface area is 128 Å². The summed E-state index contributed by atoms with van der Waals surface area (Å²) in [5, 5.41) is 3.28. The van der Waals surface area contributed by atoms with E-state index in [0.717, 1.165) is 18.7 Å². The predicted molar refractivity (Wildman–Crippen MR) is 78.6 cm³/mol. The molecule has 0 aliphatic carbocycles.